The van der Waals surface area contributed by atoms with E-state index in [1.54, 1.807) is 62.4 Å². The van der Waals surface area contributed by atoms with Crippen LogP contribution in [0, 0.1) is 5.92 Å². The highest BCUT2D eigenvalue weighted by atomic mass is 16.5. The monoisotopic (exact) mass is 694 g/mol. The number of carbonyl (C=O) groups is 7. The van der Waals surface area contributed by atoms with Crippen LogP contribution in [-0.4, -0.2) is 84.3 Å². The molecule has 1 unspecified atom stereocenters. The molecule has 2 aromatic carbocycles. The number of β-lactam (4-membered cyclic amide) rings is 1. The van der Waals surface area contributed by atoms with Crippen LogP contribution < -0.4 is 26.6 Å². The number of nitrogens with zero attached hydrogens (tertiary/aromatic N) is 1. The van der Waals surface area contributed by atoms with Gasteiger partial charge in [0.05, 0.1) is 6.54 Å². The van der Waals surface area contributed by atoms with Crippen molar-refractivity contribution < 1.29 is 43.0 Å². The van der Waals surface area contributed by atoms with E-state index in [2.05, 4.69) is 26.6 Å². The topological polar surface area (TPSA) is 201 Å². The molecule has 1 aliphatic rings. The van der Waals surface area contributed by atoms with Crippen LogP contribution in [0.25, 0.3) is 0 Å². The minimum absolute atomic E-state index is 0.0542. The highest BCUT2D eigenvalue weighted by Crippen LogP contribution is 2.15. The number of amides is 7. The number of hydrogen-bond acceptors (Lipinski definition) is 9. The molecule has 0 radical (unpaired) electrons. The van der Waals surface area contributed by atoms with Crippen LogP contribution in [0.5, 0.6) is 0 Å². The first-order chi connectivity index (χ1) is 23.6. The van der Waals surface area contributed by atoms with Gasteiger partial charge in [-0.25, -0.2) is 4.79 Å². The molecule has 270 valence electrons. The summed E-state index contributed by atoms with van der Waals surface area (Å²) in [4.78, 5) is 86.5. The summed E-state index contributed by atoms with van der Waals surface area (Å²) in [6.07, 6.45) is 0.551. The Kier molecular flexibility index (Phi) is 14.4. The van der Waals surface area contributed by atoms with Crippen molar-refractivity contribution in [1.29, 1.82) is 0 Å². The lowest BCUT2D eigenvalue weighted by Crippen LogP contribution is -2.51. The van der Waals surface area contributed by atoms with Gasteiger partial charge in [-0.3, -0.25) is 33.7 Å². The zero-order chi connectivity index (χ0) is 36.8. The van der Waals surface area contributed by atoms with E-state index in [0.29, 0.717) is 30.8 Å². The molecule has 50 heavy (non-hydrogen) atoms. The Balaban J connectivity index is 1.33. The minimum atomic E-state index is -0.956. The molecule has 1 atom stereocenters. The van der Waals surface area contributed by atoms with Gasteiger partial charge in [0.1, 0.15) is 25.9 Å². The Labute approximate surface area is 291 Å². The fraction of sp³-hybridized carbons (Fsp3) is 0.457. The molecule has 1 saturated heterocycles. The van der Waals surface area contributed by atoms with Gasteiger partial charge in [-0.15, -0.1) is 0 Å². The lowest BCUT2D eigenvalue weighted by molar-refractivity contribution is -0.152. The van der Waals surface area contributed by atoms with Gasteiger partial charge in [0.2, 0.25) is 35.4 Å². The van der Waals surface area contributed by atoms with E-state index in [4.69, 9.17) is 9.47 Å². The summed E-state index contributed by atoms with van der Waals surface area (Å²) in [6, 6.07) is 12.6. The maximum atomic E-state index is 12.8. The average Bonchev–Trinajstić information content (AvgIpc) is 3.03. The molecule has 15 heteroatoms. The summed E-state index contributed by atoms with van der Waals surface area (Å²) < 4.78 is 10.4. The Hall–Kier alpha value is -5.31. The maximum Gasteiger partial charge on any atom is 0.407 e. The van der Waals surface area contributed by atoms with Crippen molar-refractivity contribution in [3.8, 4) is 0 Å². The second-order valence-corrected chi connectivity index (χ2v) is 13.1. The number of anilines is 2. The minimum Gasteiger partial charge on any atom is -0.445 e. The number of likely N-dealkylation sites (tertiary alicyclic amines) is 1. The lowest BCUT2D eigenvalue weighted by Gasteiger charge is -2.28. The zero-order valence-corrected chi connectivity index (χ0v) is 29.1. The van der Waals surface area contributed by atoms with Crippen LogP contribution in [0.2, 0.25) is 0 Å². The third kappa shape index (κ3) is 13.7. The Morgan fingerprint density at radius 2 is 1.40 bits per heavy atom. The first kappa shape index (κ1) is 39.1. The van der Waals surface area contributed by atoms with Gasteiger partial charge in [-0.1, -0.05) is 38.1 Å². The first-order valence-electron chi connectivity index (χ1n) is 16.3. The van der Waals surface area contributed by atoms with Gasteiger partial charge >= 0.3 is 6.09 Å². The molecular formula is C35H46N6O9. The molecule has 2 aromatic rings. The van der Waals surface area contributed by atoms with E-state index < -0.39 is 54.5 Å². The van der Waals surface area contributed by atoms with Crippen LogP contribution in [0.4, 0.5) is 16.2 Å². The SMILES string of the molecule is CC(C)C(NC(=O)COCC(=O)Nc1ccc(CCC(=O)N2CCC2=O)cc1)C(=O)NCC(=O)Nc1ccc(COC(=O)NC(C)(C)C)cc1. The molecule has 1 heterocycles. The highest BCUT2D eigenvalue weighted by molar-refractivity contribution is 5.99. The lowest BCUT2D eigenvalue weighted by atomic mass is 10.0. The molecule has 1 aliphatic heterocycles. The van der Waals surface area contributed by atoms with Crippen molar-refractivity contribution in [2.45, 2.75) is 72.1 Å². The molecular weight excluding hydrogens is 648 g/mol. The Morgan fingerprint density at radius 1 is 0.820 bits per heavy atom. The van der Waals surface area contributed by atoms with Crippen LogP contribution in [0.3, 0.4) is 0 Å². The number of benzene rings is 2. The van der Waals surface area contributed by atoms with Crippen LogP contribution in [0.15, 0.2) is 48.5 Å². The van der Waals surface area contributed by atoms with Gasteiger partial charge in [-0.05, 0) is 68.5 Å². The van der Waals surface area contributed by atoms with Gasteiger partial charge in [0.25, 0.3) is 0 Å². The van der Waals surface area contributed by atoms with E-state index in [1.165, 1.54) is 4.90 Å². The number of imide groups is 1. The number of nitrogens with one attached hydrogen (secondary N) is 5. The van der Waals surface area contributed by atoms with Crippen LogP contribution in [0.1, 0.15) is 58.6 Å². The molecule has 0 bridgehead atoms. The van der Waals surface area contributed by atoms with E-state index in [-0.39, 0.29) is 37.3 Å². The van der Waals surface area contributed by atoms with Crippen molar-refractivity contribution in [2.24, 2.45) is 5.92 Å². The fourth-order valence-electron chi connectivity index (χ4n) is 4.56. The summed E-state index contributed by atoms with van der Waals surface area (Å²) in [5.74, 6) is -2.82. The Morgan fingerprint density at radius 3 is 1.94 bits per heavy atom. The molecule has 7 amide bonds. The predicted molar refractivity (Wildman–Crippen MR) is 183 cm³/mol. The molecule has 1 fully saturated rings. The molecule has 0 saturated carbocycles. The number of alkyl carbamates (subject to hydrolysis) is 1. The summed E-state index contributed by atoms with van der Waals surface area (Å²) in [6.45, 7) is 8.28. The molecule has 3 rings (SSSR count). The Bertz CT molecular complexity index is 1540. The standard InChI is InChI=1S/C35H46N6O9/c1-22(2)32(33(47)36-18-27(42)37-25-13-8-24(9-14-25)19-50-34(48)40-35(3,4)5)39-29(44)21-49-20-28(43)38-26-11-6-23(7-12-26)10-15-30(45)41-17-16-31(41)46/h6-9,11-14,22,32H,10,15-21H2,1-5H3,(H,36,47)(H,37,42)(H,38,43)(H,39,44)(H,40,48). The third-order valence-electron chi connectivity index (χ3n) is 7.26. The molecule has 0 aromatic heterocycles. The highest BCUT2D eigenvalue weighted by Gasteiger charge is 2.29. The maximum absolute atomic E-state index is 12.8. The van der Waals surface area contributed by atoms with Gasteiger partial charge in [0.15, 0.2) is 0 Å². The largest absolute Gasteiger partial charge is 0.445 e. The number of aryl methyl sites for hydroxylation is 1. The van der Waals surface area contributed by atoms with Crippen LogP contribution in [-0.2, 0) is 51.3 Å². The quantitative estimate of drug-likeness (QED) is 0.164. The summed E-state index contributed by atoms with van der Waals surface area (Å²) in [5.41, 5.74) is 2.15. The first-order valence-corrected chi connectivity index (χ1v) is 16.3. The summed E-state index contributed by atoms with van der Waals surface area (Å²) in [7, 11) is 0. The van der Waals surface area contributed by atoms with Crippen LogP contribution >= 0.6 is 0 Å². The second-order valence-electron chi connectivity index (χ2n) is 13.1. The van der Waals surface area contributed by atoms with Gasteiger partial charge in [0, 0.05) is 36.3 Å². The second kappa shape index (κ2) is 18.5. The number of carbonyl (C=O) groups excluding carboxylic acids is 7. The molecule has 0 spiro atoms. The van der Waals surface area contributed by atoms with Crippen molar-refractivity contribution in [3.05, 3.63) is 59.7 Å². The zero-order valence-electron chi connectivity index (χ0n) is 29.1. The van der Waals surface area contributed by atoms with E-state index in [9.17, 15) is 33.6 Å². The molecule has 15 nitrogen and oxygen atoms in total. The summed E-state index contributed by atoms with van der Waals surface area (Å²) >= 11 is 0. The normalized spacial score (nSPS) is 13.1. The van der Waals surface area contributed by atoms with Crippen molar-refractivity contribution in [1.82, 2.24) is 20.9 Å². The van der Waals surface area contributed by atoms with E-state index >= 15 is 0 Å². The number of hydrogen-bond donors (Lipinski definition) is 5. The smallest absolute Gasteiger partial charge is 0.407 e. The number of ether oxygens (including phenoxy) is 2. The number of rotatable bonds is 16. The fourth-order valence-corrected chi connectivity index (χ4v) is 4.56. The average molecular weight is 695 g/mol. The third-order valence-corrected chi connectivity index (χ3v) is 7.26. The molecule has 0 aliphatic carbocycles. The van der Waals surface area contributed by atoms with Gasteiger partial charge < -0.3 is 36.1 Å². The van der Waals surface area contributed by atoms with Crippen molar-refractivity contribution in [2.75, 3.05) is 36.9 Å². The van der Waals surface area contributed by atoms with Crippen molar-refractivity contribution >= 4 is 52.9 Å². The van der Waals surface area contributed by atoms with Gasteiger partial charge in [-0.2, -0.15) is 0 Å². The van der Waals surface area contributed by atoms with Crippen molar-refractivity contribution in [3.63, 3.8) is 0 Å². The summed E-state index contributed by atoms with van der Waals surface area (Å²) in [5, 5.41) is 13.1. The van der Waals surface area contributed by atoms with E-state index in [0.717, 1.165) is 11.1 Å². The predicted octanol–water partition coefficient (Wildman–Crippen LogP) is 2.25. The van der Waals surface area contributed by atoms with E-state index in [1.807, 2.05) is 20.8 Å². The molecule has 5 N–H and O–H groups in total.